The zero-order chi connectivity index (χ0) is 22.7. The van der Waals surface area contributed by atoms with Gasteiger partial charge in [-0.05, 0) is 43.2 Å². The molecule has 4 nitrogen and oxygen atoms in total. The van der Waals surface area contributed by atoms with E-state index in [1.807, 2.05) is 68.4 Å². The van der Waals surface area contributed by atoms with Crippen LogP contribution in [0.25, 0.3) is 10.9 Å². The molecule has 0 saturated carbocycles. The van der Waals surface area contributed by atoms with Crippen LogP contribution in [-0.4, -0.2) is 16.7 Å². The van der Waals surface area contributed by atoms with E-state index in [0.717, 1.165) is 33.3 Å². The molecule has 0 atom stereocenters. The van der Waals surface area contributed by atoms with E-state index in [2.05, 4.69) is 27.2 Å². The van der Waals surface area contributed by atoms with E-state index in [1.165, 1.54) is 5.56 Å². The van der Waals surface area contributed by atoms with Gasteiger partial charge in [0.1, 0.15) is 0 Å². The van der Waals surface area contributed by atoms with Crippen molar-refractivity contribution in [1.29, 1.82) is 0 Å². The quantitative estimate of drug-likeness (QED) is 0.264. The molecule has 4 aromatic rings. The standard InChI is InChI=1S/C26H23Cl2N3O/c1-17-7-9-19(10-8-17)14-26(32)30-29-15-22-18(2)31(25-6-4-3-5-21(22)25)16-20-11-12-23(27)24(28)13-20/h3-13,15H,14,16H2,1-2H3,(H,30,32). The number of hydrogen-bond acceptors (Lipinski definition) is 2. The van der Waals surface area contributed by atoms with Gasteiger partial charge >= 0.3 is 0 Å². The number of amides is 1. The summed E-state index contributed by atoms with van der Waals surface area (Å²) in [6, 6.07) is 21.7. The molecule has 0 aliphatic carbocycles. The number of rotatable bonds is 6. The van der Waals surface area contributed by atoms with Crippen molar-refractivity contribution in [3.8, 4) is 0 Å². The van der Waals surface area contributed by atoms with Crippen LogP contribution in [0.3, 0.4) is 0 Å². The van der Waals surface area contributed by atoms with Crippen molar-refractivity contribution in [1.82, 2.24) is 9.99 Å². The van der Waals surface area contributed by atoms with Crippen molar-refractivity contribution in [2.75, 3.05) is 0 Å². The summed E-state index contributed by atoms with van der Waals surface area (Å²) in [5, 5.41) is 6.39. The second-order valence-electron chi connectivity index (χ2n) is 7.81. The van der Waals surface area contributed by atoms with Gasteiger partial charge in [0.2, 0.25) is 5.91 Å². The third kappa shape index (κ3) is 4.87. The van der Waals surface area contributed by atoms with E-state index in [1.54, 1.807) is 6.21 Å². The van der Waals surface area contributed by atoms with Gasteiger partial charge in [0.25, 0.3) is 0 Å². The Hall–Kier alpha value is -3.08. The summed E-state index contributed by atoms with van der Waals surface area (Å²) in [6.45, 7) is 4.72. The lowest BCUT2D eigenvalue weighted by Gasteiger charge is -2.09. The molecule has 1 heterocycles. The number of fused-ring (bicyclic) bond motifs is 1. The van der Waals surface area contributed by atoms with Crippen molar-refractivity contribution in [3.05, 3.63) is 105 Å². The number of nitrogens with one attached hydrogen (secondary N) is 1. The zero-order valence-corrected chi connectivity index (χ0v) is 19.4. The minimum absolute atomic E-state index is 0.151. The van der Waals surface area contributed by atoms with E-state index < -0.39 is 0 Å². The Kier molecular flexibility index (Phi) is 6.63. The molecule has 6 heteroatoms. The molecule has 0 radical (unpaired) electrons. The second-order valence-corrected chi connectivity index (χ2v) is 8.62. The molecule has 0 spiro atoms. The monoisotopic (exact) mass is 463 g/mol. The lowest BCUT2D eigenvalue weighted by atomic mass is 10.1. The molecule has 0 fully saturated rings. The Morgan fingerprint density at radius 2 is 1.69 bits per heavy atom. The third-order valence-corrected chi connectivity index (χ3v) is 6.21. The normalized spacial score (nSPS) is 11.4. The molecule has 162 valence electrons. The lowest BCUT2D eigenvalue weighted by Crippen LogP contribution is -2.19. The first-order valence-corrected chi connectivity index (χ1v) is 11.1. The van der Waals surface area contributed by atoms with Crippen LogP contribution in [0.4, 0.5) is 0 Å². The van der Waals surface area contributed by atoms with Gasteiger partial charge in [-0.1, -0.05) is 77.3 Å². The predicted molar refractivity (Wildman–Crippen MR) is 133 cm³/mol. The van der Waals surface area contributed by atoms with Gasteiger partial charge in [-0.2, -0.15) is 5.10 Å². The molecule has 0 unspecified atom stereocenters. The number of para-hydroxylation sites is 1. The second kappa shape index (κ2) is 9.60. The van der Waals surface area contributed by atoms with Gasteiger partial charge < -0.3 is 4.57 Å². The molecule has 1 aromatic heterocycles. The Bertz CT molecular complexity index is 1310. The van der Waals surface area contributed by atoms with Crippen molar-refractivity contribution < 1.29 is 4.79 Å². The molecule has 1 N–H and O–H groups in total. The molecule has 4 rings (SSSR count). The van der Waals surface area contributed by atoms with Crippen LogP contribution in [0.1, 0.15) is 27.9 Å². The highest BCUT2D eigenvalue weighted by Gasteiger charge is 2.13. The Labute approximate surface area is 197 Å². The van der Waals surface area contributed by atoms with Crippen LogP contribution in [0.2, 0.25) is 10.0 Å². The predicted octanol–water partition coefficient (Wildman–Crippen LogP) is 6.31. The summed E-state index contributed by atoms with van der Waals surface area (Å²) in [5.41, 5.74) is 8.93. The largest absolute Gasteiger partial charge is 0.340 e. The van der Waals surface area contributed by atoms with Crippen LogP contribution in [-0.2, 0) is 17.8 Å². The van der Waals surface area contributed by atoms with Gasteiger partial charge in [0.15, 0.2) is 0 Å². The maximum atomic E-state index is 12.3. The smallest absolute Gasteiger partial charge is 0.244 e. The fourth-order valence-electron chi connectivity index (χ4n) is 3.74. The topological polar surface area (TPSA) is 46.4 Å². The molecule has 3 aromatic carbocycles. The zero-order valence-electron chi connectivity index (χ0n) is 17.9. The first-order chi connectivity index (χ1) is 15.4. The maximum absolute atomic E-state index is 12.3. The molecular formula is C26H23Cl2N3O. The molecule has 1 amide bonds. The Morgan fingerprint density at radius 3 is 2.44 bits per heavy atom. The van der Waals surface area contributed by atoms with Gasteiger partial charge in [0, 0.05) is 28.7 Å². The molecule has 0 saturated heterocycles. The number of aryl methyl sites for hydroxylation is 1. The van der Waals surface area contributed by atoms with Gasteiger partial charge in [-0.25, -0.2) is 5.43 Å². The van der Waals surface area contributed by atoms with E-state index in [0.29, 0.717) is 16.6 Å². The Morgan fingerprint density at radius 1 is 0.969 bits per heavy atom. The molecular weight excluding hydrogens is 441 g/mol. The number of hydrogen-bond donors (Lipinski definition) is 1. The van der Waals surface area contributed by atoms with Gasteiger partial charge in [-0.3, -0.25) is 4.79 Å². The van der Waals surface area contributed by atoms with E-state index in [-0.39, 0.29) is 12.3 Å². The van der Waals surface area contributed by atoms with Crippen LogP contribution in [0.5, 0.6) is 0 Å². The number of halogens is 2. The highest BCUT2D eigenvalue weighted by atomic mass is 35.5. The summed E-state index contributed by atoms with van der Waals surface area (Å²) in [4.78, 5) is 12.3. The first-order valence-electron chi connectivity index (χ1n) is 10.3. The third-order valence-electron chi connectivity index (χ3n) is 5.47. The summed E-state index contributed by atoms with van der Waals surface area (Å²) in [5.74, 6) is -0.151. The average Bonchev–Trinajstić information content (AvgIpc) is 3.04. The van der Waals surface area contributed by atoms with Crippen LogP contribution >= 0.6 is 23.2 Å². The van der Waals surface area contributed by atoms with Crippen LogP contribution in [0, 0.1) is 13.8 Å². The number of hydrazone groups is 1. The SMILES string of the molecule is Cc1ccc(CC(=O)NN=Cc2c(C)n(Cc3ccc(Cl)c(Cl)c3)c3ccccc23)cc1. The lowest BCUT2D eigenvalue weighted by molar-refractivity contribution is -0.120. The summed E-state index contributed by atoms with van der Waals surface area (Å²) < 4.78 is 2.21. The summed E-state index contributed by atoms with van der Waals surface area (Å²) >= 11 is 12.3. The fourth-order valence-corrected chi connectivity index (χ4v) is 4.07. The number of benzene rings is 3. The molecule has 0 aliphatic rings. The number of nitrogens with zero attached hydrogens (tertiary/aromatic N) is 2. The minimum Gasteiger partial charge on any atom is -0.340 e. The van der Waals surface area contributed by atoms with E-state index in [9.17, 15) is 4.79 Å². The molecule has 32 heavy (non-hydrogen) atoms. The van der Waals surface area contributed by atoms with Crippen molar-refractivity contribution in [2.24, 2.45) is 5.10 Å². The van der Waals surface area contributed by atoms with Crippen molar-refractivity contribution in [2.45, 2.75) is 26.8 Å². The summed E-state index contributed by atoms with van der Waals surface area (Å²) in [6.07, 6.45) is 2.01. The van der Waals surface area contributed by atoms with Gasteiger partial charge in [0.05, 0.1) is 22.7 Å². The van der Waals surface area contributed by atoms with E-state index in [4.69, 9.17) is 23.2 Å². The van der Waals surface area contributed by atoms with E-state index >= 15 is 0 Å². The van der Waals surface area contributed by atoms with Crippen molar-refractivity contribution >= 4 is 46.2 Å². The maximum Gasteiger partial charge on any atom is 0.244 e. The number of aromatic nitrogens is 1. The van der Waals surface area contributed by atoms with Crippen molar-refractivity contribution in [3.63, 3.8) is 0 Å². The first kappa shape index (κ1) is 22.1. The highest BCUT2D eigenvalue weighted by Crippen LogP contribution is 2.27. The number of carbonyl (C=O) groups excluding carboxylic acids is 1. The average molecular weight is 464 g/mol. The van der Waals surface area contributed by atoms with Crippen LogP contribution in [0.15, 0.2) is 71.8 Å². The Balaban J connectivity index is 1.56. The molecule has 0 bridgehead atoms. The fraction of sp³-hybridized carbons (Fsp3) is 0.154. The number of carbonyl (C=O) groups is 1. The highest BCUT2D eigenvalue weighted by molar-refractivity contribution is 6.42. The van der Waals surface area contributed by atoms with Crippen LogP contribution < -0.4 is 5.43 Å². The summed E-state index contributed by atoms with van der Waals surface area (Å²) in [7, 11) is 0. The minimum atomic E-state index is -0.151. The molecule has 0 aliphatic heterocycles. The van der Waals surface area contributed by atoms with Gasteiger partial charge in [-0.15, -0.1) is 0 Å².